The second kappa shape index (κ2) is 9.57. The number of rotatable bonds is 9. The molecule has 11 heteroatoms. The number of hydrogen-bond donors (Lipinski definition) is 3. The SMILES string of the molecule is CN=CC(C=N)c1cnc2[nH]cc(C(=O)c3c(F)ccc(NS(=O)(=O)CC(C)C)c3F)c2c1. The molecule has 0 spiro atoms. The van der Waals surface area contributed by atoms with Gasteiger partial charge in [0.2, 0.25) is 15.8 Å². The van der Waals surface area contributed by atoms with Crippen LogP contribution in [0.2, 0.25) is 0 Å². The van der Waals surface area contributed by atoms with Gasteiger partial charge in [0.15, 0.2) is 5.82 Å². The minimum atomic E-state index is -3.90. The van der Waals surface area contributed by atoms with Crippen LogP contribution in [-0.2, 0) is 10.0 Å². The number of aromatic amines is 1. The molecule has 1 aromatic carbocycles. The molecule has 0 radical (unpaired) electrons. The zero-order valence-electron chi connectivity index (χ0n) is 18.2. The van der Waals surface area contributed by atoms with Crippen molar-refractivity contribution in [3.63, 3.8) is 0 Å². The highest BCUT2D eigenvalue weighted by atomic mass is 32.2. The topological polar surface area (TPSA) is 128 Å². The fraction of sp³-hybridized carbons (Fsp3) is 0.273. The number of nitrogens with one attached hydrogen (secondary N) is 3. The van der Waals surface area contributed by atoms with Crippen molar-refractivity contribution in [3.8, 4) is 0 Å². The summed E-state index contributed by atoms with van der Waals surface area (Å²) in [5, 5.41) is 7.87. The summed E-state index contributed by atoms with van der Waals surface area (Å²) in [6.07, 6.45) is 5.47. The fourth-order valence-corrected chi connectivity index (χ4v) is 4.85. The molecule has 3 aromatic rings. The molecule has 8 nitrogen and oxygen atoms in total. The summed E-state index contributed by atoms with van der Waals surface area (Å²) in [4.78, 5) is 24.1. The number of hydrogen-bond acceptors (Lipinski definition) is 6. The quantitative estimate of drug-likeness (QED) is 0.320. The molecule has 1 atom stereocenters. The number of benzene rings is 1. The molecule has 2 heterocycles. The Kier molecular flexibility index (Phi) is 7.01. The molecule has 0 saturated carbocycles. The lowest BCUT2D eigenvalue weighted by molar-refractivity contribution is 0.103. The predicted octanol–water partition coefficient (Wildman–Crippen LogP) is 3.90. The summed E-state index contributed by atoms with van der Waals surface area (Å²) >= 11 is 0. The molecule has 0 saturated heterocycles. The van der Waals surface area contributed by atoms with Crippen molar-refractivity contribution in [2.24, 2.45) is 10.9 Å². The molecule has 0 aliphatic carbocycles. The summed E-state index contributed by atoms with van der Waals surface area (Å²) in [7, 11) is -2.34. The van der Waals surface area contributed by atoms with E-state index in [2.05, 4.69) is 19.7 Å². The Morgan fingerprint density at radius 3 is 2.70 bits per heavy atom. The lowest BCUT2D eigenvalue weighted by Gasteiger charge is -2.13. The number of aromatic nitrogens is 2. The highest BCUT2D eigenvalue weighted by Gasteiger charge is 2.26. The monoisotopic (exact) mass is 475 g/mol. The van der Waals surface area contributed by atoms with Gasteiger partial charge in [0, 0.05) is 42.8 Å². The first kappa shape index (κ1) is 24.2. The van der Waals surface area contributed by atoms with E-state index in [0.717, 1.165) is 18.3 Å². The van der Waals surface area contributed by atoms with Gasteiger partial charge in [-0.25, -0.2) is 22.2 Å². The summed E-state index contributed by atoms with van der Waals surface area (Å²) in [6, 6.07) is 3.37. The predicted molar refractivity (Wildman–Crippen MR) is 124 cm³/mol. The number of carbonyl (C=O) groups excluding carboxylic acids is 1. The smallest absolute Gasteiger partial charge is 0.233 e. The van der Waals surface area contributed by atoms with Gasteiger partial charge >= 0.3 is 0 Å². The van der Waals surface area contributed by atoms with Gasteiger partial charge in [-0.1, -0.05) is 13.8 Å². The standard InChI is InChI=1S/C22H23F2N5O3S/c1-12(2)11-33(31,32)29-18-5-4-17(23)19(20(18)24)21(30)16-10-28-22-15(16)6-13(9-27-22)14(7-25)8-26-3/h4-10,12,14,25,29H,11H2,1-3H3,(H,27,28). The Labute approximate surface area is 189 Å². The van der Waals surface area contributed by atoms with E-state index in [1.165, 1.54) is 18.6 Å². The number of H-pyrrole nitrogens is 1. The van der Waals surface area contributed by atoms with E-state index in [4.69, 9.17) is 5.41 Å². The van der Waals surface area contributed by atoms with E-state index >= 15 is 4.39 Å². The van der Waals surface area contributed by atoms with Gasteiger partial charge in [0.1, 0.15) is 11.5 Å². The van der Waals surface area contributed by atoms with Crippen LogP contribution < -0.4 is 4.72 Å². The van der Waals surface area contributed by atoms with E-state index < -0.39 is 44.6 Å². The van der Waals surface area contributed by atoms with Crippen molar-refractivity contribution in [2.75, 3.05) is 17.5 Å². The van der Waals surface area contributed by atoms with Crippen LogP contribution >= 0.6 is 0 Å². The molecule has 0 aliphatic heterocycles. The lowest BCUT2D eigenvalue weighted by Crippen LogP contribution is -2.21. The van der Waals surface area contributed by atoms with Crippen molar-refractivity contribution in [3.05, 3.63) is 58.9 Å². The van der Waals surface area contributed by atoms with Gasteiger partial charge < -0.3 is 10.4 Å². The van der Waals surface area contributed by atoms with Crippen molar-refractivity contribution >= 4 is 45.0 Å². The van der Waals surface area contributed by atoms with Gasteiger partial charge in [0.25, 0.3) is 0 Å². The van der Waals surface area contributed by atoms with E-state index in [1.54, 1.807) is 27.0 Å². The molecule has 0 amide bonds. The van der Waals surface area contributed by atoms with Gasteiger partial charge in [-0.15, -0.1) is 0 Å². The number of nitrogens with zero attached hydrogens (tertiary/aromatic N) is 2. The molecule has 0 bridgehead atoms. The zero-order chi connectivity index (χ0) is 24.3. The molecule has 33 heavy (non-hydrogen) atoms. The average molecular weight is 476 g/mol. The maximum Gasteiger partial charge on any atom is 0.233 e. The van der Waals surface area contributed by atoms with Crippen molar-refractivity contribution in [1.29, 1.82) is 5.41 Å². The number of sulfonamides is 1. The summed E-state index contributed by atoms with van der Waals surface area (Å²) in [6.45, 7) is 3.37. The highest BCUT2D eigenvalue weighted by Crippen LogP contribution is 2.28. The molecular weight excluding hydrogens is 452 g/mol. The molecule has 0 aliphatic rings. The Morgan fingerprint density at radius 1 is 1.33 bits per heavy atom. The van der Waals surface area contributed by atoms with Crippen LogP contribution in [0.4, 0.5) is 14.5 Å². The van der Waals surface area contributed by atoms with Gasteiger partial charge in [-0.05, 0) is 29.7 Å². The van der Waals surface area contributed by atoms with Crippen LogP contribution in [-0.4, -0.2) is 49.4 Å². The Balaban J connectivity index is 2.07. The van der Waals surface area contributed by atoms with E-state index in [1.807, 2.05) is 0 Å². The van der Waals surface area contributed by atoms with E-state index in [9.17, 15) is 17.6 Å². The first-order valence-corrected chi connectivity index (χ1v) is 11.7. The molecule has 3 N–H and O–H groups in total. The summed E-state index contributed by atoms with van der Waals surface area (Å²) in [5.41, 5.74) is -0.565. The summed E-state index contributed by atoms with van der Waals surface area (Å²) < 4.78 is 56.2. The van der Waals surface area contributed by atoms with Crippen LogP contribution in [0.1, 0.15) is 41.3 Å². The van der Waals surface area contributed by atoms with Crippen LogP contribution in [0.3, 0.4) is 0 Å². The minimum absolute atomic E-state index is 0.0449. The molecule has 174 valence electrons. The number of fused-ring (bicyclic) bond motifs is 1. The number of aliphatic imine (C=N–C) groups is 1. The van der Waals surface area contributed by atoms with Crippen molar-refractivity contribution in [2.45, 2.75) is 19.8 Å². The second-order valence-corrected chi connectivity index (χ2v) is 9.62. The maximum absolute atomic E-state index is 15.1. The van der Waals surface area contributed by atoms with Crippen LogP contribution in [0, 0.1) is 23.0 Å². The highest BCUT2D eigenvalue weighted by molar-refractivity contribution is 7.92. The van der Waals surface area contributed by atoms with Gasteiger partial charge in [-0.3, -0.25) is 14.5 Å². The Bertz CT molecular complexity index is 1350. The third-order valence-corrected chi connectivity index (χ3v) is 6.44. The summed E-state index contributed by atoms with van der Waals surface area (Å²) in [5.74, 6) is -4.38. The normalized spacial score (nSPS) is 13.0. The molecule has 3 rings (SSSR count). The zero-order valence-corrected chi connectivity index (χ0v) is 19.0. The number of anilines is 1. The molecule has 1 unspecified atom stereocenters. The lowest BCUT2D eigenvalue weighted by atomic mass is 9.98. The van der Waals surface area contributed by atoms with E-state index in [0.29, 0.717) is 16.6 Å². The second-order valence-electron chi connectivity index (χ2n) is 7.86. The number of halogens is 2. The fourth-order valence-electron chi connectivity index (χ4n) is 3.40. The number of ketones is 1. The Hall–Kier alpha value is -3.47. The largest absolute Gasteiger partial charge is 0.345 e. The van der Waals surface area contributed by atoms with Gasteiger partial charge in [0.05, 0.1) is 22.9 Å². The third-order valence-electron chi connectivity index (χ3n) is 4.81. The first-order chi connectivity index (χ1) is 15.6. The van der Waals surface area contributed by atoms with Gasteiger partial charge in [-0.2, -0.15) is 0 Å². The molecule has 0 fully saturated rings. The number of pyridine rings is 1. The van der Waals surface area contributed by atoms with Crippen LogP contribution in [0.5, 0.6) is 0 Å². The minimum Gasteiger partial charge on any atom is -0.345 e. The average Bonchev–Trinajstić information content (AvgIpc) is 3.16. The molecular formula is C22H23F2N5O3S. The van der Waals surface area contributed by atoms with Crippen molar-refractivity contribution < 1.29 is 22.0 Å². The first-order valence-electron chi connectivity index (χ1n) is 10.0. The Morgan fingerprint density at radius 2 is 2.06 bits per heavy atom. The van der Waals surface area contributed by atoms with Crippen molar-refractivity contribution in [1.82, 2.24) is 9.97 Å². The van der Waals surface area contributed by atoms with Crippen LogP contribution in [0.15, 0.2) is 35.6 Å². The third kappa shape index (κ3) is 5.14. The number of carbonyl (C=O) groups is 1. The maximum atomic E-state index is 15.1. The van der Waals surface area contributed by atoms with E-state index in [-0.39, 0.29) is 17.2 Å². The van der Waals surface area contributed by atoms with Crippen LogP contribution in [0.25, 0.3) is 11.0 Å². The molecule has 2 aromatic heterocycles.